The number of hydrogen-bond donors (Lipinski definition) is 3. The zero-order valence-electron chi connectivity index (χ0n) is 25.0. The number of alkyl carbamates (subject to hydrolysis) is 1. The number of nitrogens with zero attached hydrogens (tertiary/aromatic N) is 2. The van der Waals surface area contributed by atoms with Gasteiger partial charge in [0, 0.05) is 36.6 Å². The van der Waals surface area contributed by atoms with Gasteiger partial charge < -0.3 is 29.8 Å². The minimum atomic E-state index is -0.507. The molecule has 1 atom stereocenters. The molecular formula is C33H39N5O5. The Balaban J connectivity index is 1.33. The molecule has 1 aromatic heterocycles. The number of oxazole rings is 1. The van der Waals surface area contributed by atoms with Crippen LogP contribution >= 0.6 is 0 Å². The Hall–Kier alpha value is -4.83. The van der Waals surface area contributed by atoms with Gasteiger partial charge in [0.05, 0.1) is 18.9 Å². The van der Waals surface area contributed by atoms with Crippen molar-refractivity contribution in [2.45, 2.75) is 45.9 Å². The maximum absolute atomic E-state index is 12.9. The molecule has 3 amide bonds. The van der Waals surface area contributed by atoms with E-state index in [1.54, 1.807) is 43.6 Å². The Kier molecular flexibility index (Phi) is 11.2. The number of urea groups is 1. The van der Waals surface area contributed by atoms with Crippen LogP contribution in [0.2, 0.25) is 0 Å². The van der Waals surface area contributed by atoms with Crippen molar-refractivity contribution >= 4 is 23.5 Å². The van der Waals surface area contributed by atoms with E-state index in [1.807, 2.05) is 42.5 Å². The van der Waals surface area contributed by atoms with Crippen LogP contribution in [0.4, 0.5) is 21.0 Å². The standard InChI is InChI=1S/C33H39N5O5/c1-5-16-38(23(2)3)21-31(25-11-7-6-8-12-25)43-33(40)35-19-24-10-9-13-26(17-24)36-32(39)37-27-14-15-28(29(18-27)41-4)30-20-34-22-42-30/h6-15,17-18,20,22-23,31H,5,16,19,21H2,1-4H3,(H,35,40)(H2,36,37,39)/t31-/m0/s1. The Morgan fingerprint density at radius 3 is 2.42 bits per heavy atom. The second-order valence-electron chi connectivity index (χ2n) is 10.3. The summed E-state index contributed by atoms with van der Waals surface area (Å²) in [6.45, 7) is 8.19. The number of rotatable bonds is 13. The van der Waals surface area contributed by atoms with Gasteiger partial charge in [-0.1, -0.05) is 49.4 Å². The summed E-state index contributed by atoms with van der Waals surface area (Å²) >= 11 is 0. The van der Waals surface area contributed by atoms with Gasteiger partial charge >= 0.3 is 12.1 Å². The van der Waals surface area contributed by atoms with E-state index in [1.165, 1.54) is 6.39 Å². The topological polar surface area (TPSA) is 118 Å². The lowest BCUT2D eigenvalue weighted by Crippen LogP contribution is -2.37. The van der Waals surface area contributed by atoms with Crippen LogP contribution in [0.5, 0.6) is 5.75 Å². The summed E-state index contributed by atoms with van der Waals surface area (Å²) < 4.78 is 16.7. The lowest BCUT2D eigenvalue weighted by Gasteiger charge is -2.30. The van der Waals surface area contributed by atoms with E-state index < -0.39 is 18.2 Å². The number of nitrogens with one attached hydrogen (secondary N) is 3. The smallest absolute Gasteiger partial charge is 0.408 e. The highest BCUT2D eigenvalue weighted by Crippen LogP contribution is 2.32. The number of aromatic nitrogens is 1. The highest BCUT2D eigenvalue weighted by molar-refractivity contribution is 6.00. The molecule has 10 nitrogen and oxygen atoms in total. The second-order valence-corrected chi connectivity index (χ2v) is 10.3. The van der Waals surface area contributed by atoms with Crippen molar-refractivity contribution in [1.29, 1.82) is 0 Å². The Morgan fingerprint density at radius 1 is 0.977 bits per heavy atom. The number of ether oxygens (including phenoxy) is 2. The van der Waals surface area contributed by atoms with Gasteiger partial charge in [0.15, 0.2) is 12.2 Å². The van der Waals surface area contributed by atoms with Crippen LogP contribution < -0.4 is 20.7 Å². The van der Waals surface area contributed by atoms with Crippen molar-refractivity contribution < 1.29 is 23.5 Å². The molecule has 0 spiro atoms. The van der Waals surface area contributed by atoms with Gasteiger partial charge in [-0.2, -0.15) is 0 Å². The molecule has 0 aliphatic rings. The van der Waals surface area contributed by atoms with E-state index in [0.29, 0.717) is 35.5 Å². The molecule has 10 heteroatoms. The number of methoxy groups -OCH3 is 1. The molecule has 0 bridgehead atoms. The van der Waals surface area contributed by atoms with Gasteiger partial charge in [-0.05, 0) is 62.2 Å². The minimum Gasteiger partial charge on any atom is -0.496 e. The summed E-state index contributed by atoms with van der Waals surface area (Å²) in [5.74, 6) is 1.10. The average molecular weight is 586 g/mol. The molecule has 0 unspecified atom stereocenters. The summed E-state index contributed by atoms with van der Waals surface area (Å²) in [6, 6.07) is 22.2. The molecule has 0 aliphatic carbocycles. The first kappa shape index (κ1) is 31.1. The molecule has 226 valence electrons. The summed E-state index contributed by atoms with van der Waals surface area (Å²) in [4.78, 5) is 31.8. The molecule has 0 aliphatic heterocycles. The molecule has 4 rings (SSSR count). The molecule has 1 heterocycles. The monoisotopic (exact) mass is 585 g/mol. The van der Waals surface area contributed by atoms with E-state index in [4.69, 9.17) is 13.9 Å². The van der Waals surface area contributed by atoms with Gasteiger partial charge in [0.2, 0.25) is 0 Å². The number of carbonyl (C=O) groups is 2. The molecule has 43 heavy (non-hydrogen) atoms. The molecule has 0 radical (unpaired) electrons. The van der Waals surface area contributed by atoms with Gasteiger partial charge in [-0.15, -0.1) is 0 Å². The predicted octanol–water partition coefficient (Wildman–Crippen LogP) is 7.08. The van der Waals surface area contributed by atoms with E-state index in [-0.39, 0.29) is 6.54 Å². The van der Waals surface area contributed by atoms with Crippen LogP contribution in [0.25, 0.3) is 11.3 Å². The highest BCUT2D eigenvalue weighted by atomic mass is 16.6. The SMILES string of the molecule is CCCN(C[C@H](OC(=O)NCc1cccc(NC(=O)Nc2ccc(-c3cnco3)c(OC)c2)c1)c1ccccc1)C(C)C. The Morgan fingerprint density at radius 2 is 1.74 bits per heavy atom. The molecule has 0 saturated carbocycles. The molecule has 0 saturated heterocycles. The van der Waals surface area contributed by atoms with Crippen molar-refractivity contribution in [3.63, 3.8) is 0 Å². The lowest BCUT2D eigenvalue weighted by molar-refractivity contribution is 0.0600. The van der Waals surface area contributed by atoms with Crippen molar-refractivity contribution in [3.8, 4) is 17.1 Å². The van der Waals surface area contributed by atoms with Crippen molar-refractivity contribution in [3.05, 3.63) is 96.5 Å². The van der Waals surface area contributed by atoms with Gasteiger partial charge in [-0.3, -0.25) is 4.90 Å². The minimum absolute atomic E-state index is 0.237. The molecular weight excluding hydrogens is 546 g/mol. The third-order valence-electron chi connectivity index (χ3n) is 6.84. The van der Waals surface area contributed by atoms with E-state index in [9.17, 15) is 9.59 Å². The first-order valence-corrected chi connectivity index (χ1v) is 14.3. The summed E-state index contributed by atoms with van der Waals surface area (Å²) in [5, 5.41) is 8.48. The number of benzene rings is 3. The maximum Gasteiger partial charge on any atom is 0.408 e. The van der Waals surface area contributed by atoms with Crippen LogP contribution in [-0.2, 0) is 11.3 Å². The second kappa shape index (κ2) is 15.4. The first-order chi connectivity index (χ1) is 20.9. The van der Waals surface area contributed by atoms with Gasteiger partial charge in [0.1, 0.15) is 11.9 Å². The zero-order chi connectivity index (χ0) is 30.6. The predicted molar refractivity (Wildman–Crippen MR) is 167 cm³/mol. The third-order valence-corrected chi connectivity index (χ3v) is 6.84. The summed E-state index contributed by atoms with van der Waals surface area (Å²) in [7, 11) is 1.54. The van der Waals surface area contributed by atoms with Crippen LogP contribution in [0.15, 0.2) is 89.8 Å². The summed E-state index contributed by atoms with van der Waals surface area (Å²) in [6.07, 6.45) is 3.04. The molecule has 0 fully saturated rings. The number of carbonyl (C=O) groups excluding carboxylic acids is 2. The fourth-order valence-corrected chi connectivity index (χ4v) is 4.66. The third kappa shape index (κ3) is 9.08. The van der Waals surface area contributed by atoms with Gasteiger partial charge in [-0.25, -0.2) is 14.6 Å². The number of hydrogen-bond acceptors (Lipinski definition) is 7. The highest BCUT2D eigenvalue weighted by Gasteiger charge is 2.21. The number of amides is 3. The maximum atomic E-state index is 12.9. The molecule has 3 aromatic carbocycles. The van der Waals surface area contributed by atoms with E-state index in [0.717, 1.165) is 29.7 Å². The van der Waals surface area contributed by atoms with E-state index >= 15 is 0 Å². The van der Waals surface area contributed by atoms with Gasteiger partial charge in [0.25, 0.3) is 0 Å². The number of anilines is 2. The van der Waals surface area contributed by atoms with Crippen molar-refractivity contribution in [2.24, 2.45) is 0 Å². The van der Waals surface area contributed by atoms with Crippen LogP contribution in [-0.4, -0.2) is 48.2 Å². The fourth-order valence-electron chi connectivity index (χ4n) is 4.66. The Labute approximate surface area is 252 Å². The first-order valence-electron chi connectivity index (χ1n) is 14.3. The Bertz CT molecular complexity index is 1460. The fraction of sp³-hybridized carbons (Fsp3) is 0.303. The summed E-state index contributed by atoms with van der Waals surface area (Å²) in [5.41, 5.74) is 3.59. The zero-order valence-corrected chi connectivity index (χ0v) is 25.0. The molecule has 4 aromatic rings. The van der Waals surface area contributed by atoms with Crippen molar-refractivity contribution in [2.75, 3.05) is 30.8 Å². The van der Waals surface area contributed by atoms with Crippen LogP contribution in [0.1, 0.15) is 44.4 Å². The lowest BCUT2D eigenvalue weighted by atomic mass is 10.1. The van der Waals surface area contributed by atoms with E-state index in [2.05, 4.69) is 46.6 Å². The molecule has 3 N–H and O–H groups in total. The normalized spacial score (nSPS) is 11.7. The quantitative estimate of drug-likeness (QED) is 0.153. The van der Waals surface area contributed by atoms with Crippen LogP contribution in [0, 0.1) is 0 Å². The van der Waals surface area contributed by atoms with Crippen LogP contribution in [0.3, 0.4) is 0 Å². The average Bonchev–Trinajstić information content (AvgIpc) is 3.55. The van der Waals surface area contributed by atoms with Crippen molar-refractivity contribution in [1.82, 2.24) is 15.2 Å². The largest absolute Gasteiger partial charge is 0.496 e.